The number of nitrogens with two attached hydrogens (primary N) is 1. The van der Waals surface area contributed by atoms with E-state index in [4.69, 9.17) is 9.53 Å². The number of hydrogen-bond acceptors (Lipinski definition) is 3. The maximum atomic E-state index is 12.4. The lowest BCUT2D eigenvalue weighted by Crippen LogP contribution is -2.09. The van der Waals surface area contributed by atoms with Crippen LogP contribution in [-0.4, -0.2) is 12.4 Å². The molecular formula is C27H27NO3. The molecule has 0 radical (unpaired) electrons. The molecule has 0 bridgehead atoms. The van der Waals surface area contributed by atoms with Gasteiger partial charge in [0.05, 0.1) is 0 Å². The van der Waals surface area contributed by atoms with E-state index in [1.807, 2.05) is 97.9 Å². The van der Waals surface area contributed by atoms with Crippen LogP contribution in [0, 0.1) is 6.92 Å². The third-order valence-electron chi connectivity index (χ3n) is 4.38. The molecule has 0 heterocycles. The number of carbonyl (C=O) groups excluding carboxylic acids is 2. The van der Waals surface area contributed by atoms with Gasteiger partial charge in [-0.15, -0.1) is 0 Å². The number of carbonyl (C=O) groups is 2. The Labute approximate surface area is 183 Å². The van der Waals surface area contributed by atoms with E-state index in [0.29, 0.717) is 6.42 Å². The zero-order chi connectivity index (χ0) is 22.3. The molecule has 0 aliphatic carbocycles. The van der Waals surface area contributed by atoms with Crippen molar-refractivity contribution < 1.29 is 14.3 Å². The summed E-state index contributed by atoms with van der Waals surface area (Å²) in [5.74, 6) is -0.345. The van der Waals surface area contributed by atoms with Gasteiger partial charge in [0, 0.05) is 12.5 Å². The largest absolute Gasteiger partial charge is 0.454 e. The summed E-state index contributed by atoms with van der Waals surface area (Å²) in [5.41, 5.74) is 8.43. The van der Waals surface area contributed by atoms with Crippen molar-refractivity contribution >= 4 is 24.5 Å². The van der Waals surface area contributed by atoms with Gasteiger partial charge < -0.3 is 10.5 Å². The van der Waals surface area contributed by atoms with Crippen LogP contribution in [0.3, 0.4) is 0 Å². The molecule has 0 spiro atoms. The highest BCUT2D eigenvalue weighted by atomic mass is 16.5. The van der Waals surface area contributed by atoms with Gasteiger partial charge in [0.1, 0.15) is 6.10 Å². The third kappa shape index (κ3) is 8.96. The lowest BCUT2D eigenvalue weighted by atomic mass is 10.0. The molecule has 4 nitrogen and oxygen atoms in total. The van der Waals surface area contributed by atoms with Gasteiger partial charge in [-0.05, 0) is 29.7 Å². The van der Waals surface area contributed by atoms with Crippen LogP contribution in [0.5, 0.6) is 0 Å². The predicted octanol–water partition coefficient (Wildman–Crippen LogP) is 5.50. The zero-order valence-electron chi connectivity index (χ0n) is 17.6. The molecule has 1 unspecified atom stereocenters. The van der Waals surface area contributed by atoms with Crippen LogP contribution in [0.4, 0.5) is 0 Å². The highest BCUT2D eigenvalue weighted by Gasteiger charge is 2.14. The first-order valence-electron chi connectivity index (χ1n) is 9.99. The van der Waals surface area contributed by atoms with E-state index in [-0.39, 0.29) is 18.5 Å². The van der Waals surface area contributed by atoms with E-state index >= 15 is 0 Å². The monoisotopic (exact) mass is 413 g/mol. The van der Waals surface area contributed by atoms with Gasteiger partial charge in [0.15, 0.2) is 0 Å². The first-order valence-corrected chi connectivity index (χ1v) is 9.99. The van der Waals surface area contributed by atoms with Crippen LogP contribution in [0.2, 0.25) is 0 Å². The minimum absolute atomic E-state index is 0.250. The minimum Gasteiger partial charge on any atom is -0.454 e. The van der Waals surface area contributed by atoms with Gasteiger partial charge >= 0.3 is 5.97 Å². The van der Waals surface area contributed by atoms with Crippen molar-refractivity contribution in [2.75, 3.05) is 0 Å². The van der Waals surface area contributed by atoms with E-state index in [1.54, 1.807) is 6.08 Å². The van der Waals surface area contributed by atoms with Crippen molar-refractivity contribution in [2.45, 2.75) is 19.4 Å². The summed E-state index contributed by atoms with van der Waals surface area (Å²) in [5, 5.41) is 0. The molecule has 4 heteroatoms. The van der Waals surface area contributed by atoms with Crippen LogP contribution in [0.25, 0.3) is 12.2 Å². The summed E-state index contributed by atoms with van der Waals surface area (Å²) in [7, 11) is 0. The van der Waals surface area contributed by atoms with Crippen LogP contribution in [0.1, 0.15) is 34.8 Å². The first-order chi connectivity index (χ1) is 15.1. The second-order valence-corrected chi connectivity index (χ2v) is 6.77. The fourth-order valence-corrected chi connectivity index (χ4v) is 2.83. The maximum Gasteiger partial charge on any atom is 0.331 e. The molecule has 3 rings (SSSR count). The lowest BCUT2D eigenvalue weighted by Gasteiger charge is -2.16. The summed E-state index contributed by atoms with van der Waals surface area (Å²) in [4.78, 5) is 21.0. The Morgan fingerprint density at radius 3 is 1.94 bits per heavy atom. The number of hydrogen-bond donors (Lipinski definition) is 1. The number of benzene rings is 3. The summed E-state index contributed by atoms with van der Waals surface area (Å²) >= 11 is 0. The molecule has 0 aromatic heterocycles. The minimum atomic E-state index is -0.345. The first kappa shape index (κ1) is 23.4. The highest BCUT2D eigenvalue weighted by molar-refractivity contribution is 5.87. The van der Waals surface area contributed by atoms with E-state index in [9.17, 15) is 4.79 Å². The van der Waals surface area contributed by atoms with Crippen molar-refractivity contribution in [2.24, 2.45) is 5.73 Å². The summed E-state index contributed by atoms with van der Waals surface area (Å²) < 4.78 is 5.76. The Kier molecular flexibility index (Phi) is 10.0. The molecule has 2 N–H and O–H groups in total. The molecular weight excluding hydrogens is 386 g/mol. The van der Waals surface area contributed by atoms with Crippen molar-refractivity contribution in [3.63, 3.8) is 0 Å². The van der Waals surface area contributed by atoms with E-state index in [2.05, 4.69) is 11.8 Å². The van der Waals surface area contributed by atoms with Crippen molar-refractivity contribution in [1.29, 1.82) is 0 Å². The van der Waals surface area contributed by atoms with Gasteiger partial charge in [-0.25, -0.2) is 4.79 Å². The molecule has 1 amide bonds. The van der Waals surface area contributed by atoms with Crippen LogP contribution in [-0.2, 0) is 14.3 Å². The molecule has 0 saturated carbocycles. The predicted molar refractivity (Wildman–Crippen MR) is 126 cm³/mol. The summed E-state index contributed by atoms with van der Waals surface area (Å²) in [6.07, 6.45) is 7.89. The molecule has 3 aromatic rings. The number of primary amides is 1. The highest BCUT2D eigenvalue weighted by Crippen LogP contribution is 2.23. The lowest BCUT2D eigenvalue weighted by molar-refractivity contribution is -0.143. The Morgan fingerprint density at radius 1 is 0.871 bits per heavy atom. The maximum absolute atomic E-state index is 12.4. The van der Waals surface area contributed by atoms with E-state index in [0.717, 1.165) is 16.7 Å². The van der Waals surface area contributed by atoms with Gasteiger partial charge in [0.25, 0.3) is 0 Å². The van der Waals surface area contributed by atoms with E-state index < -0.39 is 0 Å². The quantitative estimate of drug-likeness (QED) is 0.316. The molecule has 0 fully saturated rings. The van der Waals surface area contributed by atoms with Crippen molar-refractivity contribution in [3.8, 4) is 0 Å². The molecule has 0 aliphatic rings. The average molecular weight is 414 g/mol. The fraction of sp³-hybridized carbons (Fsp3) is 0.111. The smallest absolute Gasteiger partial charge is 0.331 e. The number of rotatable bonds is 7. The van der Waals surface area contributed by atoms with Crippen LogP contribution < -0.4 is 5.73 Å². The Hall–Kier alpha value is -3.92. The molecule has 0 saturated heterocycles. The Bertz CT molecular complexity index is 978. The standard InChI is InChI=1S/C26H24O2.CH3NO/c1-21-15-18-24(19-16-21)25(14-8-13-22-9-4-2-5-10-22)28-26(27)20-17-23-11-6-3-7-12-23;2-1-3/h2-13,15-20,25H,14H2,1H3;1H,(H2,2,3)/b13-8+,20-17+;. The van der Waals surface area contributed by atoms with Gasteiger partial charge in [0.2, 0.25) is 6.41 Å². The molecule has 0 aliphatic heterocycles. The van der Waals surface area contributed by atoms with Gasteiger partial charge in [-0.1, -0.05) is 103 Å². The third-order valence-corrected chi connectivity index (χ3v) is 4.38. The summed E-state index contributed by atoms with van der Waals surface area (Å²) in [6.45, 7) is 2.04. The Morgan fingerprint density at radius 2 is 1.39 bits per heavy atom. The number of amides is 1. The molecule has 158 valence electrons. The molecule has 31 heavy (non-hydrogen) atoms. The SMILES string of the molecule is Cc1ccc(C(C/C=C/c2ccccc2)OC(=O)/C=C/c2ccccc2)cc1.NC=O. The van der Waals surface area contributed by atoms with Crippen molar-refractivity contribution in [1.82, 2.24) is 0 Å². The van der Waals surface area contributed by atoms with Crippen LogP contribution >= 0.6 is 0 Å². The molecule has 3 aromatic carbocycles. The number of ether oxygens (including phenoxy) is 1. The van der Waals surface area contributed by atoms with Crippen LogP contribution in [0.15, 0.2) is 97.1 Å². The normalized spacial score (nSPS) is 11.5. The topological polar surface area (TPSA) is 69.4 Å². The molecule has 1 atom stereocenters. The van der Waals surface area contributed by atoms with E-state index in [1.165, 1.54) is 11.6 Å². The fourth-order valence-electron chi connectivity index (χ4n) is 2.83. The average Bonchev–Trinajstić information content (AvgIpc) is 2.79. The number of aryl methyl sites for hydroxylation is 1. The van der Waals surface area contributed by atoms with Gasteiger partial charge in [-0.2, -0.15) is 0 Å². The Balaban J connectivity index is 0.00000107. The second-order valence-electron chi connectivity index (χ2n) is 6.77. The summed E-state index contributed by atoms with van der Waals surface area (Å²) in [6, 6.07) is 27.9. The zero-order valence-corrected chi connectivity index (χ0v) is 17.6. The number of esters is 1. The second kappa shape index (κ2) is 13.3. The van der Waals surface area contributed by atoms with Crippen molar-refractivity contribution in [3.05, 3.63) is 119 Å². The van der Waals surface area contributed by atoms with Gasteiger partial charge in [-0.3, -0.25) is 4.79 Å².